The molecule has 2 aromatic heterocycles. The molecule has 0 radical (unpaired) electrons. The number of carbonyl (C=O) groups excluding carboxylic acids is 1. The molecule has 2 bridgehead atoms. The molecule has 4 N–H and O–H groups in total. The molecule has 0 spiro atoms. The van der Waals surface area contributed by atoms with Gasteiger partial charge in [0.15, 0.2) is 5.72 Å². The summed E-state index contributed by atoms with van der Waals surface area (Å²) in [4.78, 5) is 13.3. The number of hydrogen-bond donors (Lipinski definition) is 3. The van der Waals surface area contributed by atoms with Crippen molar-refractivity contribution in [2.45, 2.75) is 44.0 Å². The van der Waals surface area contributed by atoms with Crippen molar-refractivity contribution in [3.8, 4) is 5.75 Å². The molecule has 0 saturated carbocycles. The molecular formula is C27H24N4O4. The molecule has 4 unspecified atom stereocenters. The Balaban J connectivity index is 1.74. The second-order valence-corrected chi connectivity index (χ2v) is 10.1. The lowest BCUT2D eigenvalue weighted by molar-refractivity contribution is -0.252. The van der Waals surface area contributed by atoms with Crippen molar-refractivity contribution in [1.29, 1.82) is 0 Å². The van der Waals surface area contributed by atoms with Gasteiger partial charge in [-0.3, -0.25) is 4.79 Å². The predicted octanol–water partition coefficient (Wildman–Crippen LogP) is 3.80. The molecular weight excluding hydrogens is 444 g/mol. The Hall–Kier alpha value is -3.59. The maximum Gasteiger partial charge on any atom is 0.252 e. The van der Waals surface area contributed by atoms with Gasteiger partial charge in [-0.2, -0.15) is 0 Å². The highest BCUT2D eigenvalue weighted by molar-refractivity contribution is 6.31. The summed E-state index contributed by atoms with van der Waals surface area (Å²) in [5.74, 6) is 0.0684. The number of methoxy groups -OCH3 is 1. The number of aromatic nitrogens is 2. The van der Waals surface area contributed by atoms with E-state index in [-0.39, 0.29) is 30.0 Å². The highest BCUT2D eigenvalue weighted by Gasteiger charge is 2.52. The van der Waals surface area contributed by atoms with Gasteiger partial charge in [-0.25, -0.2) is 0 Å². The largest absolute Gasteiger partial charge is 0.508 e. The first-order valence-corrected chi connectivity index (χ1v) is 11.9. The van der Waals surface area contributed by atoms with E-state index in [1.54, 1.807) is 19.2 Å². The molecule has 4 atom stereocenters. The van der Waals surface area contributed by atoms with Gasteiger partial charge in [0, 0.05) is 47.7 Å². The average Bonchev–Trinajstić information content (AvgIpc) is 3.46. The molecule has 8 rings (SSSR count). The van der Waals surface area contributed by atoms with E-state index in [9.17, 15) is 9.90 Å². The van der Waals surface area contributed by atoms with Crippen LogP contribution in [0, 0.1) is 0 Å². The third-order valence-corrected chi connectivity index (χ3v) is 8.34. The maximum absolute atomic E-state index is 13.3. The van der Waals surface area contributed by atoms with Crippen LogP contribution in [0.5, 0.6) is 5.75 Å². The van der Waals surface area contributed by atoms with E-state index in [0.717, 1.165) is 49.2 Å². The molecule has 176 valence electrons. The van der Waals surface area contributed by atoms with Gasteiger partial charge in [0.1, 0.15) is 18.1 Å². The number of rotatable bonds is 1. The summed E-state index contributed by atoms with van der Waals surface area (Å²) in [7, 11) is 1.69. The molecule has 5 heterocycles. The van der Waals surface area contributed by atoms with E-state index < -0.39 is 5.72 Å². The molecule has 5 aromatic rings. The summed E-state index contributed by atoms with van der Waals surface area (Å²) >= 11 is 0. The number of nitrogens with two attached hydrogens (primary N) is 1. The lowest BCUT2D eigenvalue weighted by Gasteiger charge is -2.47. The van der Waals surface area contributed by atoms with Gasteiger partial charge in [0.2, 0.25) is 0 Å². The van der Waals surface area contributed by atoms with E-state index in [2.05, 4.69) is 33.5 Å². The number of para-hydroxylation sites is 1. The van der Waals surface area contributed by atoms with Crippen LogP contribution in [-0.4, -0.2) is 39.4 Å². The molecule has 3 aromatic carbocycles. The van der Waals surface area contributed by atoms with Gasteiger partial charge in [-0.05, 0) is 36.8 Å². The fraction of sp³-hybridized carbons (Fsp3) is 0.296. The average molecular weight is 469 g/mol. The monoisotopic (exact) mass is 468 g/mol. The summed E-state index contributed by atoms with van der Waals surface area (Å²) in [5.41, 5.74) is 11.4. The Morgan fingerprint density at radius 1 is 1.14 bits per heavy atom. The minimum absolute atomic E-state index is 0.0908. The van der Waals surface area contributed by atoms with Crippen LogP contribution >= 0.6 is 0 Å². The highest BCUT2D eigenvalue weighted by Crippen LogP contribution is 2.53. The number of hydrogen-bond acceptors (Lipinski definition) is 5. The smallest absolute Gasteiger partial charge is 0.252 e. The van der Waals surface area contributed by atoms with Gasteiger partial charge in [-0.15, -0.1) is 0 Å². The summed E-state index contributed by atoms with van der Waals surface area (Å²) in [6.07, 6.45) is -0.183. The summed E-state index contributed by atoms with van der Waals surface area (Å²) in [6.45, 7) is 2.51. The van der Waals surface area contributed by atoms with Gasteiger partial charge in [0.25, 0.3) is 5.91 Å². The number of fused-ring (bicyclic) bond motifs is 13. The van der Waals surface area contributed by atoms with Crippen LogP contribution < -0.4 is 11.1 Å². The second-order valence-electron chi connectivity index (χ2n) is 10.1. The number of amides is 1. The van der Waals surface area contributed by atoms with Crippen LogP contribution in [0.1, 0.15) is 35.5 Å². The Morgan fingerprint density at radius 2 is 1.97 bits per heavy atom. The van der Waals surface area contributed by atoms with Gasteiger partial charge >= 0.3 is 0 Å². The van der Waals surface area contributed by atoms with Crippen molar-refractivity contribution in [3.63, 3.8) is 0 Å². The first-order chi connectivity index (χ1) is 16.9. The summed E-state index contributed by atoms with van der Waals surface area (Å²) in [6, 6.07) is 13.3. The first-order valence-electron chi connectivity index (χ1n) is 11.9. The molecule has 1 saturated heterocycles. The van der Waals surface area contributed by atoms with Crippen molar-refractivity contribution in [3.05, 3.63) is 53.6 Å². The molecule has 8 nitrogen and oxygen atoms in total. The summed E-state index contributed by atoms with van der Waals surface area (Å²) < 4.78 is 17.4. The normalized spacial score (nSPS) is 27.3. The van der Waals surface area contributed by atoms with Crippen molar-refractivity contribution in [2.75, 3.05) is 7.11 Å². The molecule has 3 aliphatic heterocycles. The zero-order valence-electron chi connectivity index (χ0n) is 19.3. The molecule has 8 heteroatoms. The number of ether oxygens (including phenoxy) is 2. The van der Waals surface area contributed by atoms with E-state index in [1.165, 1.54) is 0 Å². The lowest BCUT2D eigenvalue weighted by Crippen LogP contribution is -2.59. The number of nitrogens with one attached hydrogen (secondary N) is 1. The number of aromatic hydroxyl groups is 1. The van der Waals surface area contributed by atoms with Crippen LogP contribution in [0.3, 0.4) is 0 Å². The zero-order valence-corrected chi connectivity index (χ0v) is 19.3. The van der Waals surface area contributed by atoms with Gasteiger partial charge < -0.3 is 34.8 Å². The fourth-order valence-electron chi connectivity index (χ4n) is 7.15. The lowest BCUT2D eigenvalue weighted by atomic mass is 9.93. The van der Waals surface area contributed by atoms with Gasteiger partial charge in [-0.1, -0.05) is 18.2 Å². The van der Waals surface area contributed by atoms with Crippen LogP contribution in [0.4, 0.5) is 0 Å². The predicted molar refractivity (Wildman–Crippen MR) is 132 cm³/mol. The zero-order chi connectivity index (χ0) is 23.8. The third kappa shape index (κ3) is 2.09. The Labute approximate surface area is 199 Å². The minimum atomic E-state index is -0.877. The van der Waals surface area contributed by atoms with Crippen molar-refractivity contribution >= 4 is 49.5 Å². The number of nitrogens with zero attached hydrogens (tertiary/aromatic N) is 2. The topological polar surface area (TPSA) is 104 Å². The van der Waals surface area contributed by atoms with Crippen LogP contribution in [0.25, 0.3) is 43.6 Å². The maximum atomic E-state index is 13.3. The number of phenols is 1. The fourth-order valence-corrected chi connectivity index (χ4v) is 7.15. The highest BCUT2D eigenvalue weighted by atomic mass is 16.6. The number of carbonyl (C=O) groups is 1. The molecule has 1 amide bonds. The van der Waals surface area contributed by atoms with Crippen molar-refractivity contribution in [1.82, 2.24) is 14.5 Å². The minimum Gasteiger partial charge on any atom is -0.508 e. The quantitative estimate of drug-likeness (QED) is 0.347. The van der Waals surface area contributed by atoms with E-state index in [1.807, 2.05) is 18.2 Å². The standard InChI is InChI=1S/C27H24N4O4/c1-27-25(34-2)16(28)10-19(35-27)30-17-8-7-12(32)9-14(17)21-22-15(11-29-26(22)33)20-13-5-3-4-6-18(13)31(27)24(20)23(21)30/h3-9,16,19,25,32H,10-11,28H2,1-2H3,(H,29,33). The Morgan fingerprint density at radius 3 is 2.80 bits per heavy atom. The van der Waals surface area contributed by atoms with E-state index in [4.69, 9.17) is 15.2 Å². The molecule has 3 aliphatic rings. The van der Waals surface area contributed by atoms with Gasteiger partial charge in [0.05, 0.1) is 27.6 Å². The molecule has 1 fully saturated rings. The third-order valence-electron chi connectivity index (χ3n) is 8.34. The van der Waals surface area contributed by atoms with Crippen LogP contribution in [0.2, 0.25) is 0 Å². The summed E-state index contributed by atoms with van der Waals surface area (Å²) in [5, 5.41) is 17.3. The second kappa shape index (κ2) is 6.15. The SMILES string of the molecule is COC1C(N)CC2OC1(C)n1c3ccccc3c3c4c(c5c6cc(O)ccc6n2c5c31)C(=O)NC4. The van der Waals surface area contributed by atoms with Crippen molar-refractivity contribution in [2.24, 2.45) is 5.73 Å². The van der Waals surface area contributed by atoms with Crippen molar-refractivity contribution < 1.29 is 19.4 Å². The molecule has 0 aliphatic carbocycles. The van der Waals surface area contributed by atoms with E-state index >= 15 is 0 Å². The first kappa shape index (κ1) is 19.7. The Kier molecular flexibility index (Phi) is 3.46. The number of phenolic OH excluding ortho intramolecular Hbond substituents is 1. The molecule has 35 heavy (non-hydrogen) atoms. The Bertz CT molecular complexity index is 1780. The van der Waals surface area contributed by atoms with Crippen LogP contribution in [0.15, 0.2) is 42.5 Å². The number of benzene rings is 3. The van der Waals surface area contributed by atoms with Crippen LogP contribution in [-0.2, 0) is 21.7 Å². The van der Waals surface area contributed by atoms with E-state index in [0.29, 0.717) is 18.5 Å².